The first-order valence-electron chi connectivity index (χ1n) is 4.82. The fraction of sp³-hybridized carbons (Fsp3) is 0.364. The van der Waals surface area contributed by atoms with E-state index in [-0.39, 0.29) is 18.0 Å². The van der Waals surface area contributed by atoms with E-state index in [0.717, 1.165) is 5.56 Å². The molecular weight excluding hydrogens is 212 g/mol. The number of carbonyl (C=O) groups is 1. The summed E-state index contributed by atoms with van der Waals surface area (Å²) in [5.74, 6) is -0.367. The lowest BCUT2D eigenvalue weighted by Crippen LogP contribution is -2.40. The summed E-state index contributed by atoms with van der Waals surface area (Å²) in [5.41, 5.74) is 6.13. The first-order valence-corrected chi connectivity index (χ1v) is 5.20. The lowest BCUT2D eigenvalue weighted by molar-refractivity contribution is -0.119. The molecule has 3 nitrogen and oxygen atoms in total. The van der Waals surface area contributed by atoms with Crippen LogP contribution in [0.4, 0.5) is 0 Å². The van der Waals surface area contributed by atoms with E-state index >= 15 is 0 Å². The smallest absolute Gasteiger partial charge is 0.234 e. The molecule has 0 saturated carbocycles. The van der Waals surface area contributed by atoms with E-state index in [9.17, 15) is 4.79 Å². The molecule has 1 amide bonds. The molecule has 1 aromatic rings. The lowest BCUT2D eigenvalue weighted by Gasteiger charge is -2.18. The first-order chi connectivity index (χ1) is 7.02. The van der Waals surface area contributed by atoms with Crippen molar-refractivity contribution in [2.45, 2.75) is 25.9 Å². The second-order valence-electron chi connectivity index (χ2n) is 3.53. The van der Waals surface area contributed by atoms with Crippen LogP contribution in [0.2, 0.25) is 5.02 Å². The topological polar surface area (TPSA) is 55.1 Å². The normalized spacial score (nSPS) is 14.6. The number of halogens is 1. The molecule has 0 fully saturated rings. The number of rotatable bonds is 4. The number of benzene rings is 1. The Hall–Kier alpha value is -1.06. The van der Waals surface area contributed by atoms with Crippen LogP contribution in [0.3, 0.4) is 0 Å². The Kier molecular flexibility index (Phi) is 4.12. The van der Waals surface area contributed by atoms with E-state index in [1.165, 1.54) is 0 Å². The Morgan fingerprint density at radius 2 is 2.00 bits per heavy atom. The molecule has 0 radical (unpaired) electrons. The maximum atomic E-state index is 10.9. The Balaban J connectivity index is 2.73. The third kappa shape index (κ3) is 3.22. The van der Waals surface area contributed by atoms with Crippen LogP contribution < -0.4 is 11.1 Å². The van der Waals surface area contributed by atoms with Gasteiger partial charge in [0.05, 0.1) is 6.04 Å². The zero-order valence-electron chi connectivity index (χ0n) is 8.83. The van der Waals surface area contributed by atoms with Crippen molar-refractivity contribution in [1.82, 2.24) is 5.32 Å². The van der Waals surface area contributed by atoms with Gasteiger partial charge in [0, 0.05) is 11.1 Å². The zero-order chi connectivity index (χ0) is 11.4. The molecule has 82 valence electrons. The first kappa shape index (κ1) is 12.0. The molecule has 4 heteroatoms. The van der Waals surface area contributed by atoms with Gasteiger partial charge in [-0.1, -0.05) is 29.8 Å². The number of hydrogen-bond acceptors (Lipinski definition) is 2. The van der Waals surface area contributed by atoms with Crippen molar-refractivity contribution in [1.29, 1.82) is 0 Å². The second-order valence-corrected chi connectivity index (χ2v) is 3.94. The number of nitrogens with two attached hydrogens (primary N) is 1. The van der Waals surface area contributed by atoms with Crippen LogP contribution in [-0.2, 0) is 4.79 Å². The highest BCUT2D eigenvalue weighted by atomic mass is 35.5. The maximum Gasteiger partial charge on any atom is 0.234 e. The van der Waals surface area contributed by atoms with E-state index < -0.39 is 0 Å². The molecule has 0 spiro atoms. The number of carbonyl (C=O) groups excluding carboxylic acids is 1. The number of hydrogen-bond donors (Lipinski definition) is 2. The van der Waals surface area contributed by atoms with Crippen molar-refractivity contribution >= 4 is 17.5 Å². The fourth-order valence-electron chi connectivity index (χ4n) is 1.37. The van der Waals surface area contributed by atoms with Crippen LogP contribution in [0, 0.1) is 0 Å². The van der Waals surface area contributed by atoms with Crippen molar-refractivity contribution in [3.05, 3.63) is 34.9 Å². The fourth-order valence-corrected chi connectivity index (χ4v) is 1.67. The van der Waals surface area contributed by atoms with Crippen molar-refractivity contribution in [3.8, 4) is 0 Å². The average molecular weight is 227 g/mol. The van der Waals surface area contributed by atoms with Gasteiger partial charge in [-0.15, -0.1) is 0 Å². The molecule has 1 rings (SSSR count). The van der Waals surface area contributed by atoms with Crippen molar-refractivity contribution in [2.24, 2.45) is 5.73 Å². The summed E-state index contributed by atoms with van der Waals surface area (Å²) in [4.78, 5) is 10.9. The van der Waals surface area contributed by atoms with E-state index in [2.05, 4.69) is 5.32 Å². The Bertz CT molecular complexity index is 354. The van der Waals surface area contributed by atoms with Gasteiger partial charge in [-0.3, -0.25) is 10.1 Å². The molecule has 1 aromatic carbocycles. The summed E-state index contributed by atoms with van der Waals surface area (Å²) >= 11 is 6.03. The summed E-state index contributed by atoms with van der Waals surface area (Å²) in [6, 6.07) is 7.17. The standard InChI is InChI=1S/C11H15ClN2O/c1-7(14-8(2)11(13)15)9-5-3-4-6-10(9)12/h3-8,14H,1-2H3,(H2,13,15)/t7-,8+/m0/s1. The highest BCUT2D eigenvalue weighted by Crippen LogP contribution is 2.22. The minimum Gasteiger partial charge on any atom is -0.368 e. The van der Waals surface area contributed by atoms with Gasteiger partial charge in [0.2, 0.25) is 5.91 Å². The summed E-state index contributed by atoms with van der Waals surface area (Å²) in [6.07, 6.45) is 0. The van der Waals surface area contributed by atoms with Crippen molar-refractivity contribution < 1.29 is 4.79 Å². The van der Waals surface area contributed by atoms with Crippen LogP contribution in [0.15, 0.2) is 24.3 Å². The monoisotopic (exact) mass is 226 g/mol. The highest BCUT2D eigenvalue weighted by molar-refractivity contribution is 6.31. The number of amides is 1. The summed E-state index contributed by atoms with van der Waals surface area (Å²) in [5, 5.41) is 3.77. The SMILES string of the molecule is C[C@H](N[C@H](C)C(N)=O)c1ccccc1Cl. The minimum atomic E-state index is -0.367. The van der Waals surface area contributed by atoms with Crippen LogP contribution in [0.1, 0.15) is 25.5 Å². The van der Waals surface area contributed by atoms with Crippen molar-refractivity contribution in [3.63, 3.8) is 0 Å². The Morgan fingerprint density at radius 3 is 2.53 bits per heavy atom. The van der Waals surface area contributed by atoms with Crippen molar-refractivity contribution in [2.75, 3.05) is 0 Å². The molecule has 0 unspecified atom stereocenters. The average Bonchev–Trinajstić information content (AvgIpc) is 2.18. The quantitative estimate of drug-likeness (QED) is 0.824. The van der Waals surface area contributed by atoms with Crippen LogP contribution >= 0.6 is 11.6 Å². The molecule has 0 aromatic heterocycles. The third-order valence-electron chi connectivity index (χ3n) is 2.30. The van der Waals surface area contributed by atoms with Crippen LogP contribution in [-0.4, -0.2) is 11.9 Å². The summed E-state index contributed by atoms with van der Waals surface area (Å²) in [7, 11) is 0. The predicted octanol–water partition coefficient (Wildman–Crippen LogP) is 1.86. The summed E-state index contributed by atoms with van der Waals surface area (Å²) in [6.45, 7) is 3.68. The van der Waals surface area contributed by atoms with E-state index in [1.54, 1.807) is 6.92 Å². The largest absolute Gasteiger partial charge is 0.368 e. The van der Waals surface area contributed by atoms with E-state index in [4.69, 9.17) is 17.3 Å². The van der Waals surface area contributed by atoms with Gasteiger partial charge in [-0.05, 0) is 25.5 Å². The molecule has 3 N–H and O–H groups in total. The van der Waals surface area contributed by atoms with Gasteiger partial charge in [0.1, 0.15) is 0 Å². The Morgan fingerprint density at radius 1 is 1.40 bits per heavy atom. The van der Waals surface area contributed by atoms with Crippen LogP contribution in [0.25, 0.3) is 0 Å². The minimum absolute atomic E-state index is 0.00111. The Labute approximate surface area is 94.6 Å². The molecule has 0 bridgehead atoms. The second kappa shape index (κ2) is 5.14. The number of nitrogens with one attached hydrogen (secondary N) is 1. The predicted molar refractivity (Wildman–Crippen MR) is 61.7 cm³/mol. The van der Waals surface area contributed by atoms with Gasteiger partial charge in [-0.25, -0.2) is 0 Å². The zero-order valence-corrected chi connectivity index (χ0v) is 9.58. The molecule has 15 heavy (non-hydrogen) atoms. The summed E-state index contributed by atoms with van der Waals surface area (Å²) < 4.78 is 0. The van der Waals surface area contributed by atoms with Gasteiger partial charge in [0.25, 0.3) is 0 Å². The highest BCUT2D eigenvalue weighted by Gasteiger charge is 2.14. The van der Waals surface area contributed by atoms with E-state index in [1.807, 2.05) is 31.2 Å². The third-order valence-corrected chi connectivity index (χ3v) is 2.64. The molecular formula is C11H15ClN2O. The van der Waals surface area contributed by atoms with Gasteiger partial charge >= 0.3 is 0 Å². The number of primary amides is 1. The van der Waals surface area contributed by atoms with Gasteiger partial charge < -0.3 is 5.73 Å². The van der Waals surface area contributed by atoms with Crippen LogP contribution in [0.5, 0.6) is 0 Å². The molecule has 0 saturated heterocycles. The lowest BCUT2D eigenvalue weighted by atomic mass is 10.1. The van der Waals surface area contributed by atoms with Gasteiger partial charge in [0.15, 0.2) is 0 Å². The molecule has 0 aliphatic carbocycles. The van der Waals surface area contributed by atoms with Gasteiger partial charge in [-0.2, -0.15) is 0 Å². The molecule has 0 aliphatic heterocycles. The molecule has 0 heterocycles. The maximum absolute atomic E-state index is 10.9. The van der Waals surface area contributed by atoms with E-state index in [0.29, 0.717) is 5.02 Å². The molecule has 2 atom stereocenters. The molecule has 0 aliphatic rings.